The Labute approximate surface area is 108 Å². The molecule has 17 heavy (non-hydrogen) atoms. The summed E-state index contributed by atoms with van der Waals surface area (Å²) in [6, 6.07) is 0.325. The number of nitrogens with two attached hydrogens (primary N) is 1. The van der Waals surface area contributed by atoms with E-state index in [1.807, 2.05) is 11.8 Å². The van der Waals surface area contributed by atoms with Crippen LogP contribution in [0.4, 0.5) is 0 Å². The molecule has 1 amide bonds. The van der Waals surface area contributed by atoms with Gasteiger partial charge < -0.3 is 15.4 Å². The van der Waals surface area contributed by atoms with E-state index in [9.17, 15) is 4.79 Å². The zero-order chi connectivity index (χ0) is 12.7. The first-order chi connectivity index (χ1) is 8.15. The molecular formula is C12H22N2O2S. The van der Waals surface area contributed by atoms with Gasteiger partial charge in [-0.05, 0) is 19.8 Å². The Hall–Kier alpha value is -0.680. The highest BCUT2D eigenvalue weighted by molar-refractivity contribution is 7.80. The summed E-state index contributed by atoms with van der Waals surface area (Å²) < 4.78 is 5.21. The number of amides is 1. The van der Waals surface area contributed by atoms with Gasteiger partial charge in [0.1, 0.15) is 0 Å². The zero-order valence-corrected chi connectivity index (χ0v) is 11.3. The summed E-state index contributed by atoms with van der Waals surface area (Å²) in [5.41, 5.74) is 5.56. The smallest absolute Gasteiger partial charge is 0.225 e. The van der Waals surface area contributed by atoms with E-state index in [0.29, 0.717) is 37.2 Å². The van der Waals surface area contributed by atoms with Crippen LogP contribution in [0.2, 0.25) is 0 Å². The maximum atomic E-state index is 12.1. The molecule has 0 unspecified atom stereocenters. The SMILES string of the molecule is CCOCCC(=O)N(CC(N)=S)C1CCCC1. The molecular weight excluding hydrogens is 236 g/mol. The number of carbonyl (C=O) groups excluding carboxylic acids is 1. The van der Waals surface area contributed by atoms with Gasteiger partial charge in [-0.25, -0.2) is 0 Å². The van der Waals surface area contributed by atoms with E-state index in [4.69, 9.17) is 22.7 Å². The summed E-state index contributed by atoms with van der Waals surface area (Å²) in [5.74, 6) is 0.109. The lowest BCUT2D eigenvalue weighted by atomic mass is 10.2. The van der Waals surface area contributed by atoms with E-state index in [1.54, 1.807) is 0 Å². The standard InChI is InChI=1S/C12H22N2O2S/c1-2-16-8-7-12(15)14(9-11(13)17)10-5-3-4-6-10/h10H,2-9H2,1H3,(H2,13,17). The van der Waals surface area contributed by atoms with Gasteiger partial charge >= 0.3 is 0 Å². The van der Waals surface area contributed by atoms with Gasteiger partial charge in [-0.1, -0.05) is 25.1 Å². The quantitative estimate of drug-likeness (QED) is 0.555. The summed E-state index contributed by atoms with van der Waals surface area (Å²) in [6.07, 6.45) is 4.95. The molecule has 98 valence electrons. The molecule has 1 fully saturated rings. The molecule has 4 nitrogen and oxygen atoms in total. The molecule has 0 heterocycles. The van der Waals surface area contributed by atoms with Crippen molar-refractivity contribution in [2.75, 3.05) is 19.8 Å². The summed E-state index contributed by atoms with van der Waals surface area (Å²) in [4.78, 5) is 14.3. The number of hydrogen-bond donors (Lipinski definition) is 1. The van der Waals surface area contributed by atoms with Crippen LogP contribution < -0.4 is 5.73 Å². The van der Waals surface area contributed by atoms with Crippen LogP contribution >= 0.6 is 12.2 Å². The third-order valence-electron chi connectivity index (χ3n) is 3.08. The van der Waals surface area contributed by atoms with Gasteiger partial charge in [-0.15, -0.1) is 0 Å². The van der Waals surface area contributed by atoms with Crippen LogP contribution in [-0.4, -0.2) is 41.6 Å². The highest BCUT2D eigenvalue weighted by Gasteiger charge is 2.26. The Balaban J connectivity index is 2.48. The van der Waals surface area contributed by atoms with Gasteiger partial charge in [0.15, 0.2) is 0 Å². The number of ether oxygens (including phenoxy) is 1. The fourth-order valence-electron chi connectivity index (χ4n) is 2.25. The van der Waals surface area contributed by atoms with Gasteiger partial charge in [-0.2, -0.15) is 0 Å². The first-order valence-electron chi connectivity index (χ1n) is 6.30. The lowest BCUT2D eigenvalue weighted by molar-refractivity contribution is -0.133. The molecule has 0 aliphatic heterocycles. The van der Waals surface area contributed by atoms with E-state index in [0.717, 1.165) is 12.8 Å². The van der Waals surface area contributed by atoms with E-state index in [2.05, 4.69) is 0 Å². The number of hydrogen-bond acceptors (Lipinski definition) is 3. The molecule has 1 saturated carbocycles. The van der Waals surface area contributed by atoms with E-state index >= 15 is 0 Å². The fourth-order valence-corrected chi connectivity index (χ4v) is 2.39. The molecule has 1 aliphatic rings. The Bertz CT molecular complexity index is 265. The second-order valence-corrected chi connectivity index (χ2v) is 4.90. The summed E-state index contributed by atoms with van der Waals surface area (Å²) in [6.45, 7) is 3.46. The lowest BCUT2D eigenvalue weighted by Gasteiger charge is -2.28. The van der Waals surface area contributed by atoms with Gasteiger partial charge in [0.05, 0.1) is 24.6 Å². The van der Waals surface area contributed by atoms with Gasteiger partial charge in [0, 0.05) is 12.6 Å². The van der Waals surface area contributed by atoms with Crippen molar-refractivity contribution in [1.29, 1.82) is 0 Å². The Morgan fingerprint density at radius 2 is 2.12 bits per heavy atom. The summed E-state index contributed by atoms with van der Waals surface area (Å²) in [5, 5.41) is 0. The van der Waals surface area contributed by atoms with Crippen molar-refractivity contribution >= 4 is 23.1 Å². The minimum atomic E-state index is 0.109. The number of rotatable bonds is 7. The molecule has 0 bridgehead atoms. The average Bonchev–Trinajstić information content (AvgIpc) is 2.79. The van der Waals surface area contributed by atoms with E-state index in [1.165, 1.54) is 12.8 Å². The molecule has 0 aromatic heterocycles. The largest absolute Gasteiger partial charge is 0.392 e. The van der Waals surface area contributed by atoms with Crippen molar-refractivity contribution < 1.29 is 9.53 Å². The molecule has 5 heteroatoms. The maximum Gasteiger partial charge on any atom is 0.225 e. The second-order valence-electron chi connectivity index (χ2n) is 4.37. The van der Waals surface area contributed by atoms with Crippen LogP contribution in [0.5, 0.6) is 0 Å². The Morgan fingerprint density at radius 3 is 2.65 bits per heavy atom. The van der Waals surface area contributed by atoms with Crippen LogP contribution in [-0.2, 0) is 9.53 Å². The molecule has 0 radical (unpaired) electrons. The molecule has 0 spiro atoms. The molecule has 0 aromatic rings. The highest BCUT2D eigenvalue weighted by atomic mass is 32.1. The van der Waals surface area contributed by atoms with Gasteiger partial charge in [0.25, 0.3) is 0 Å². The van der Waals surface area contributed by atoms with E-state index in [-0.39, 0.29) is 5.91 Å². The Morgan fingerprint density at radius 1 is 1.47 bits per heavy atom. The minimum Gasteiger partial charge on any atom is -0.392 e. The van der Waals surface area contributed by atoms with Crippen molar-refractivity contribution in [2.24, 2.45) is 5.73 Å². The third-order valence-corrected chi connectivity index (χ3v) is 3.21. The fraction of sp³-hybridized carbons (Fsp3) is 0.833. The zero-order valence-electron chi connectivity index (χ0n) is 10.5. The average molecular weight is 258 g/mol. The molecule has 0 aromatic carbocycles. The Kier molecular flexibility index (Phi) is 6.44. The van der Waals surface area contributed by atoms with E-state index < -0.39 is 0 Å². The predicted octanol–water partition coefficient (Wildman–Crippen LogP) is 1.47. The van der Waals surface area contributed by atoms with Crippen molar-refractivity contribution in [3.63, 3.8) is 0 Å². The van der Waals surface area contributed by atoms with Crippen molar-refractivity contribution in [1.82, 2.24) is 4.90 Å². The van der Waals surface area contributed by atoms with Crippen molar-refractivity contribution in [3.05, 3.63) is 0 Å². The normalized spacial score (nSPS) is 16.1. The predicted molar refractivity (Wildman–Crippen MR) is 71.9 cm³/mol. The van der Waals surface area contributed by atoms with Gasteiger partial charge in [-0.3, -0.25) is 4.79 Å². The molecule has 0 saturated heterocycles. The van der Waals surface area contributed by atoms with Crippen LogP contribution in [0.3, 0.4) is 0 Å². The summed E-state index contributed by atoms with van der Waals surface area (Å²) in [7, 11) is 0. The highest BCUT2D eigenvalue weighted by Crippen LogP contribution is 2.23. The molecule has 1 aliphatic carbocycles. The van der Waals surface area contributed by atoms with Crippen LogP contribution in [0.15, 0.2) is 0 Å². The first kappa shape index (κ1) is 14.4. The lowest BCUT2D eigenvalue weighted by Crippen LogP contribution is -2.43. The molecule has 2 N–H and O–H groups in total. The number of carbonyl (C=O) groups is 1. The monoisotopic (exact) mass is 258 g/mol. The van der Waals surface area contributed by atoms with Crippen molar-refractivity contribution in [2.45, 2.75) is 45.1 Å². The maximum absolute atomic E-state index is 12.1. The van der Waals surface area contributed by atoms with Gasteiger partial charge in [0.2, 0.25) is 5.91 Å². The topological polar surface area (TPSA) is 55.6 Å². The summed E-state index contributed by atoms with van der Waals surface area (Å²) >= 11 is 4.91. The van der Waals surface area contributed by atoms with Crippen LogP contribution in [0, 0.1) is 0 Å². The molecule has 0 atom stereocenters. The third kappa shape index (κ3) is 5.00. The number of thiocarbonyl (C=S) groups is 1. The minimum absolute atomic E-state index is 0.109. The van der Waals surface area contributed by atoms with Crippen LogP contribution in [0.25, 0.3) is 0 Å². The number of nitrogens with zero attached hydrogens (tertiary/aromatic N) is 1. The molecule has 1 rings (SSSR count). The van der Waals surface area contributed by atoms with Crippen LogP contribution in [0.1, 0.15) is 39.0 Å². The second kappa shape index (κ2) is 7.61. The van der Waals surface area contributed by atoms with Crippen molar-refractivity contribution in [3.8, 4) is 0 Å². The first-order valence-corrected chi connectivity index (χ1v) is 6.71.